The topological polar surface area (TPSA) is 139 Å². The van der Waals surface area contributed by atoms with Crippen LogP contribution in [0.1, 0.15) is 40.4 Å². The van der Waals surface area contributed by atoms with Crippen molar-refractivity contribution in [2.24, 2.45) is 5.10 Å². The third-order valence-corrected chi connectivity index (χ3v) is 4.95. The maximum atomic E-state index is 12.4. The van der Waals surface area contributed by atoms with E-state index in [1.165, 1.54) is 6.26 Å². The fraction of sp³-hybridized carbons (Fsp3) is 0.227. The van der Waals surface area contributed by atoms with Crippen LogP contribution in [0.25, 0.3) is 11.5 Å². The second-order valence-corrected chi connectivity index (χ2v) is 7.22. The SMILES string of the molecule is Cc1occc1C(=O)Nc1cccc(-c2nc(CNC(=O)C3=NNC(=O)CC3)c(C)o2)c1. The van der Waals surface area contributed by atoms with E-state index in [0.717, 1.165) is 0 Å². The number of hydrogen-bond acceptors (Lipinski definition) is 7. The lowest BCUT2D eigenvalue weighted by Gasteiger charge is -2.11. The van der Waals surface area contributed by atoms with Gasteiger partial charge in [-0.25, -0.2) is 10.4 Å². The largest absolute Gasteiger partial charge is 0.469 e. The number of carbonyl (C=O) groups excluding carboxylic acids is 3. The van der Waals surface area contributed by atoms with Gasteiger partial charge < -0.3 is 19.5 Å². The normalized spacial score (nSPS) is 13.3. The van der Waals surface area contributed by atoms with Gasteiger partial charge >= 0.3 is 0 Å². The van der Waals surface area contributed by atoms with Crippen molar-refractivity contribution in [2.75, 3.05) is 5.32 Å². The molecule has 3 amide bonds. The molecule has 0 fully saturated rings. The quantitative estimate of drug-likeness (QED) is 0.544. The maximum absolute atomic E-state index is 12.4. The highest BCUT2D eigenvalue weighted by atomic mass is 16.4. The molecule has 0 saturated heterocycles. The molecule has 3 N–H and O–H groups in total. The third kappa shape index (κ3) is 4.59. The van der Waals surface area contributed by atoms with E-state index in [1.807, 2.05) is 6.07 Å². The molecule has 0 aliphatic carbocycles. The molecular weight excluding hydrogens is 414 g/mol. The van der Waals surface area contributed by atoms with Crippen LogP contribution in [0.15, 0.2) is 50.5 Å². The summed E-state index contributed by atoms with van der Waals surface area (Å²) in [4.78, 5) is 40.3. The van der Waals surface area contributed by atoms with E-state index in [2.05, 4.69) is 26.1 Å². The number of furan rings is 1. The van der Waals surface area contributed by atoms with Gasteiger partial charge in [0.25, 0.3) is 11.8 Å². The number of anilines is 1. The number of oxazole rings is 1. The zero-order valence-electron chi connectivity index (χ0n) is 17.5. The molecule has 0 spiro atoms. The summed E-state index contributed by atoms with van der Waals surface area (Å²) in [6.45, 7) is 3.62. The molecule has 1 aromatic carbocycles. The maximum Gasteiger partial charge on any atom is 0.267 e. The van der Waals surface area contributed by atoms with Gasteiger partial charge in [-0.2, -0.15) is 5.10 Å². The van der Waals surface area contributed by atoms with Crippen molar-refractivity contribution in [1.82, 2.24) is 15.7 Å². The van der Waals surface area contributed by atoms with Crippen LogP contribution in [-0.2, 0) is 16.1 Å². The molecule has 0 unspecified atom stereocenters. The van der Waals surface area contributed by atoms with Gasteiger partial charge in [-0.05, 0) is 38.1 Å². The zero-order chi connectivity index (χ0) is 22.7. The van der Waals surface area contributed by atoms with E-state index in [0.29, 0.717) is 39.9 Å². The Morgan fingerprint density at radius 1 is 1.12 bits per heavy atom. The molecule has 32 heavy (non-hydrogen) atoms. The Morgan fingerprint density at radius 2 is 1.97 bits per heavy atom. The van der Waals surface area contributed by atoms with Crippen molar-refractivity contribution in [3.8, 4) is 11.5 Å². The molecule has 0 saturated carbocycles. The first-order chi connectivity index (χ1) is 15.4. The predicted molar refractivity (Wildman–Crippen MR) is 115 cm³/mol. The fourth-order valence-electron chi connectivity index (χ4n) is 3.17. The predicted octanol–water partition coefficient (Wildman–Crippen LogP) is 2.69. The molecule has 10 nitrogen and oxygen atoms in total. The lowest BCUT2D eigenvalue weighted by atomic mass is 10.1. The number of hydrogen-bond donors (Lipinski definition) is 3. The summed E-state index contributed by atoms with van der Waals surface area (Å²) in [5, 5.41) is 9.34. The molecular formula is C22H21N5O5. The second-order valence-electron chi connectivity index (χ2n) is 7.22. The zero-order valence-corrected chi connectivity index (χ0v) is 17.5. The summed E-state index contributed by atoms with van der Waals surface area (Å²) >= 11 is 0. The van der Waals surface area contributed by atoms with E-state index in [1.54, 1.807) is 38.1 Å². The van der Waals surface area contributed by atoms with Gasteiger partial charge in [-0.1, -0.05) is 6.07 Å². The standard InChI is InChI=1S/C22H21N5O5/c1-12-16(8-9-31-12)20(29)24-15-5-3-4-14(10-15)22-25-18(13(2)32-22)11-23-21(30)17-6-7-19(28)27-26-17/h3-5,8-10H,6-7,11H2,1-2H3,(H,23,30)(H,24,29)(H,27,28). The number of nitrogens with one attached hydrogen (secondary N) is 3. The van der Waals surface area contributed by atoms with Crippen molar-refractivity contribution in [3.05, 3.63) is 59.4 Å². The van der Waals surface area contributed by atoms with Crippen LogP contribution in [0.4, 0.5) is 5.69 Å². The molecule has 3 heterocycles. The lowest BCUT2D eigenvalue weighted by molar-refractivity contribution is -0.121. The highest BCUT2D eigenvalue weighted by Crippen LogP contribution is 2.25. The lowest BCUT2D eigenvalue weighted by Crippen LogP contribution is -2.36. The number of hydrazone groups is 1. The summed E-state index contributed by atoms with van der Waals surface area (Å²) in [5.41, 5.74) is 4.84. The molecule has 0 radical (unpaired) electrons. The number of carbonyl (C=O) groups is 3. The smallest absolute Gasteiger partial charge is 0.267 e. The van der Waals surface area contributed by atoms with Gasteiger partial charge in [0.2, 0.25) is 11.8 Å². The Morgan fingerprint density at radius 3 is 2.69 bits per heavy atom. The van der Waals surface area contributed by atoms with Gasteiger partial charge in [-0.15, -0.1) is 0 Å². The van der Waals surface area contributed by atoms with Crippen molar-refractivity contribution in [3.63, 3.8) is 0 Å². The Labute approximate surface area is 183 Å². The monoisotopic (exact) mass is 435 g/mol. The van der Waals surface area contributed by atoms with Crippen LogP contribution >= 0.6 is 0 Å². The van der Waals surface area contributed by atoms with Crippen molar-refractivity contribution in [1.29, 1.82) is 0 Å². The molecule has 4 rings (SSSR count). The molecule has 0 bridgehead atoms. The molecule has 10 heteroatoms. The van der Waals surface area contributed by atoms with Crippen LogP contribution in [0.3, 0.4) is 0 Å². The van der Waals surface area contributed by atoms with Crippen LogP contribution in [0.2, 0.25) is 0 Å². The van der Waals surface area contributed by atoms with Crippen molar-refractivity contribution >= 4 is 29.1 Å². The summed E-state index contributed by atoms with van der Waals surface area (Å²) < 4.78 is 10.9. The van der Waals surface area contributed by atoms with Gasteiger partial charge in [0, 0.05) is 24.1 Å². The summed E-state index contributed by atoms with van der Waals surface area (Å²) in [7, 11) is 0. The Bertz CT molecular complexity index is 1220. The number of aryl methyl sites for hydroxylation is 2. The number of rotatable bonds is 6. The van der Waals surface area contributed by atoms with E-state index >= 15 is 0 Å². The first-order valence-electron chi connectivity index (χ1n) is 9.96. The van der Waals surface area contributed by atoms with Gasteiger partial charge in [0.15, 0.2) is 0 Å². The van der Waals surface area contributed by atoms with Crippen LogP contribution < -0.4 is 16.1 Å². The average Bonchev–Trinajstić information content (AvgIpc) is 3.38. The van der Waals surface area contributed by atoms with E-state index in [-0.39, 0.29) is 42.8 Å². The summed E-state index contributed by atoms with van der Waals surface area (Å²) in [6.07, 6.45) is 1.98. The van der Waals surface area contributed by atoms with E-state index in [4.69, 9.17) is 8.83 Å². The third-order valence-electron chi connectivity index (χ3n) is 4.95. The Hall–Kier alpha value is -4.21. The highest BCUT2D eigenvalue weighted by molar-refractivity contribution is 6.39. The molecule has 164 valence electrons. The first kappa shape index (κ1) is 21.0. The minimum absolute atomic E-state index is 0.150. The Balaban J connectivity index is 1.44. The summed E-state index contributed by atoms with van der Waals surface area (Å²) in [6, 6.07) is 8.71. The molecule has 1 aliphatic heterocycles. The van der Waals surface area contributed by atoms with Crippen molar-refractivity contribution < 1.29 is 23.2 Å². The molecule has 2 aromatic heterocycles. The summed E-state index contributed by atoms with van der Waals surface area (Å²) in [5.74, 6) is 0.606. The fourth-order valence-corrected chi connectivity index (χ4v) is 3.17. The minimum Gasteiger partial charge on any atom is -0.469 e. The highest BCUT2D eigenvalue weighted by Gasteiger charge is 2.19. The van der Waals surface area contributed by atoms with Gasteiger partial charge in [0.1, 0.15) is 22.9 Å². The van der Waals surface area contributed by atoms with E-state index in [9.17, 15) is 14.4 Å². The van der Waals surface area contributed by atoms with Gasteiger partial charge in [0.05, 0.1) is 18.4 Å². The number of benzene rings is 1. The minimum atomic E-state index is -0.367. The van der Waals surface area contributed by atoms with Crippen molar-refractivity contribution in [2.45, 2.75) is 33.2 Å². The van der Waals surface area contributed by atoms with Crippen LogP contribution in [0.5, 0.6) is 0 Å². The van der Waals surface area contributed by atoms with Gasteiger partial charge in [-0.3, -0.25) is 14.4 Å². The van der Waals surface area contributed by atoms with E-state index < -0.39 is 0 Å². The average molecular weight is 435 g/mol. The number of nitrogens with zero attached hydrogens (tertiary/aromatic N) is 2. The molecule has 3 aromatic rings. The molecule has 1 aliphatic rings. The molecule has 0 atom stereocenters. The number of amides is 3. The first-order valence-corrected chi connectivity index (χ1v) is 9.96. The van der Waals surface area contributed by atoms with Crippen LogP contribution in [-0.4, -0.2) is 28.4 Å². The second kappa shape index (κ2) is 8.88. The Kier molecular flexibility index (Phi) is 5.84. The number of aromatic nitrogens is 1. The van der Waals surface area contributed by atoms with Crippen LogP contribution in [0, 0.1) is 13.8 Å².